The molecule has 0 aliphatic rings. The second kappa shape index (κ2) is 5.18. The van der Waals surface area contributed by atoms with Crippen LogP contribution in [-0.4, -0.2) is 12.6 Å². The lowest BCUT2D eigenvalue weighted by Gasteiger charge is -2.21. The third-order valence-electron chi connectivity index (χ3n) is 2.27. The predicted molar refractivity (Wildman–Crippen MR) is 49.9 cm³/mol. The van der Waals surface area contributed by atoms with Crippen molar-refractivity contribution in [1.82, 2.24) is 0 Å². The standard InChI is InChI=1S/C10H20O2/c1-5-10(3,4)8-7-9(11)12-6-2/h5-8H2,1-4H3. The number of carbonyl (C=O) groups is 1. The van der Waals surface area contributed by atoms with Gasteiger partial charge in [-0.1, -0.05) is 27.2 Å². The van der Waals surface area contributed by atoms with Crippen molar-refractivity contribution in [3.05, 3.63) is 0 Å². The van der Waals surface area contributed by atoms with E-state index in [9.17, 15) is 4.79 Å². The van der Waals surface area contributed by atoms with Crippen molar-refractivity contribution in [2.45, 2.75) is 47.0 Å². The second-order valence-corrected chi connectivity index (χ2v) is 3.82. The van der Waals surface area contributed by atoms with Gasteiger partial charge in [0.15, 0.2) is 0 Å². The molecule has 0 aromatic rings. The molecule has 2 heteroatoms. The molecule has 0 N–H and O–H groups in total. The van der Waals surface area contributed by atoms with Gasteiger partial charge in [-0.25, -0.2) is 0 Å². The number of esters is 1. The molecule has 0 heterocycles. The molecule has 0 aromatic heterocycles. The SMILES string of the molecule is CCOC(=O)CCC(C)(C)CC. The van der Waals surface area contributed by atoms with Gasteiger partial charge in [0.05, 0.1) is 6.61 Å². The monoisotopic (exact) mass is 172 g/mol. The van der Waals surface area contributed by atoms with Gasteiger partial charge in [0.25, 0.3) is 0 Å². The Morgan fingerprint density at radius 2 is 1.92 bits per heavy atom. The summed E-state index contributed by atoms with van der Waals surface area (Å²) in [5, 5.41) is 0. The van der Waals surface area contributed by atoms with Gasteiger partial charge < -0.3 is 4.74 Å². The highest BCUT2D eigenvalue weighted by Gasteiger charge is 2.16. The van der Waals surface area contributed by atoms with E-state index < -0.39 is 0 Å². The first-order valence-corrected chi connectivity index (χ1v) is 4.67. The van der Waals surface area contributed by atoms with Crippen LogP contribution in [0.3, 0.4) is 0 Å². The van der Waals surface area contributed by atoms with Crippen LogP contribution in [0.25, 0.3) is 0 Å². The summed E-state index contributed by atoms with van der Waals surface area (Å²) in [6.45, 7) is 8.82. The van der Waals surface area contributed by atoms with Crippen molar-refractivity contribution in [3.8, 4) is 0 Å². The molecule has 0 aromatic carbocycles. The molecule has 0 bridgehead atoms. The van der Waals surface area contributed by atoms with E-state index in [2.05, 4.69) is 20.8 Å². The molecule has 0 atom stereocenters. The molecule has 0 rings (SSSR count). The van der Waals surface area contributed by atoms with E-state index in [4.69, 9.17) is 4.74 Å². The van der Waals surface area contributed by atoms with Gasteiger partial charge in [0.2, 0.25) is 0 Å². The van der Waals surface area contributed by atoms with Crippen LogP contribution in [0.15, 0.2) is 0 Å². The summed E-state index contributed by atoms with van der Waals surface area (Å²) in [7, 11) is 0. The molecule has 0 saturated heterocycles. The maximum atomic E-state index is 11.0. The smallest absolute Gasteiger partial charge is 0.305 e. The van der Waals surface area contributed by atoms with E-state index in [1.54, 1.807) is 0 Å². The number of rotatable bonds is 5. The highest BCUT2D eigenvalue weighted by atomic mass is 16.5. The van der Waals surface area contributed by atoms with E-state index >= 15 is 0 Å². The zero-order valence-electron chi connectivity index (χ0n) is 8.64. The normalized spacial score (nSPS) is 11.3. The molecule has 0 unspecified atom stereocenters. The highest BCUT2D eigenvalue weighted by Crippen LogP contribution is 2.25. The first kappa shape index (κ1) is 11.5. The molecule has 0 aliphatic carbocycles. The number of hydrogen-bond donors (Lipinski definition) is 0. The molecule has 0 aliphatic heterocycles. The van der Waals surface area contributed by atoms with Gasteiger partial charge in [0.1, 0.15) is 0 Å². The van der Waals surface area contributed by atoms with E-state index in [-0.39, 0.29) is 11.4 Å². The Hall–Kier alpha value is -0.530. The van der Waals surface area contributed by atoms with Gasteiger partial charge in [0, 0.05) is 6.42 Å². The molecule has 12 heavy (non-hydrogen) atoms. The minimum atomic E-state index is -0.0703. The van der Waals surface area contributed by atoms with Crippen LogP contribution >= 0.6 is 0 Å². The van der Waals surface area contributed by atoms with Gasteiger partial charge in [-0.2, -0.15) is 0 Å². The van der Waals surface area contributed by atoms with Crippen molar-refractivity contribution < 1.29 is 9.53 Å². The quantitative estimate of drug-likeness (QED) is 0.596. The third-order valence-corrected chi connectivity index (χ3v) is 2.27. The van der Waals surface area contributed by atoms with Gasteiger partial charge in [-0.3, -0.25) is 4.79 Å². The Balaban J connectivity index is 3.60. The van der Waals surface area contributed by atoms with Crippen LogP contribution in [0.4, 0.5) is 0 Å². The zero-order valence-corrected chi connectivity index (χ0v) is 8.64. The van der Waals surface area contributed by atoms with Gasteiger partial charge in [-0.15, -0.1) is 0 Å². The van der Waals surface area contributed by atoms with Crippen LogP contribution < -0.4 is 0 Å². The average Bonchev–Trinajstić information content (AvgIpc) is 2.02. The number of carbonyl (C=O) groups excluding carboxylic acids is 1. The Bertz CT molecular complexity index is 139. The zero-order chi connectivity index (χ0) is 9.61. The maximum Gasteiger partial charge on any atom is 0.305 e. The van der Waals surface area contributed by atoms with Crippen LogP contribution in [0, 0.1) is 5.41 Å². The first-order valence-electron chi connectivity index (χ1n) is 4.67. The third kappa shape index (κ3) is 5.16. The fraction of sp³-hybridized carbons (Fsp3) is 0.900. The Morgan fingerprint density at radius 3 is 2.33 bits per heavy atom. The molecule has 0 amide bonds. The highest BCUT2D eigenvalue weighted by molar-refractivity contribution is 5.69. The van der Waals surface area contributed by atoms with Crippen molar-refractivity contribution in [2.24, 2.45) is 5.41 Å². The molecule has 0 radical (unpaired) electrons. The summed E-state index contributed by atoms with van der Waals surface area (Å²) in [4.78, 5) is 11.0. The minimum absolute atomic E-state index is 0.0703. The minimum Gasteiger partial charge on any atom is -0.466 e. The molecule has 0 saturated carbocycles. The van der Waals surface area contributed by atoms with Crippen LogP contribution in [0.5, 0.6) is 0 Å². The Kier molecular flexibility index (Phi) is 4.95. The van der Waals surface area contributed by atoms with Crippen LogP contribution in [0.2, 0.25) is 0 Å². The maximum absolute atomic E-state index is 11.0. The molecule has 2 nitrogen and oxygen atoms in total. The topological polar surface area (TPSA) is 26.3 Å². The summed E-state index contributed by atoms with van der Waals surface area (Å²) in [5.41, 5.74) is 0.271. The molecular weight excluding hydrogens is 152 g/mol. The molecule has 0 spiro atoms. The fourth-order valence-corrected chi connectivity index (χ4v) is 0.850. The largest absolute Gasteiger partial charge is 0.466 e. The Morgan fingerprint density at radius 1 is 1.33 bits per heavy atom. The van der Waals surface area contributed by atoms with E-state index in [1.807, 2.05) is 6.92 Å². The first-order chi connectivity index (χ1) is 5.52. The van der Waals surface area contributed by atoms with Crippen molar-refractivity contribution >= 4 is 5.97 Å². The van der Waals surface area contributed by atoms with Crippen LogP contribution in [-0.2, 0) is 9.53 Å². The summed E-state index contributed by atoms with van der Waals surface area (Å²) in [5.74, 6) is -0.0703. The molecule has 0 fully saturated rings. The predicted octanol–water partition coefficient (Wildman–Crippen LogP) is 2.77. The Labute approximate surface area is 75.3 Å². The number of ether oxygens (including phenoxy) is 1. The summed E-state index contributed by atoms with van der Waals surface area (Å²) < 4.78 is 4.84. The molecular formula is C10H20O2. The van der Waals surface area contributed by atoms with Gasteiger partial charge >= 0.3 is 5.97 Å². The lowest BCUT2D eigenvalue weighted by molar-refractivity contribution is -0.143. The van der Waals surface area contributed by atoms with Crippen LogP contribution in [0.1, 0.15) is 47.0 Å². The van der Waals surface area contributed by atoms with Crippen molar-refractivity contribution in [2.75, 3.05) is 6.61 Å². The molecule has 72 valence electrons. The summed E-state index contributed by atoms with van der Waals surface area (Å²) >= 11 is 0. The van der Waals surface area contributed by atoms with E-state index in [0.29, 0.717) is 13.0 Å². The summed E-state index contributed by atoms with van der Waals surface area (Å²) in [6, 6.07) is 0. The average molecular weight is 172 g/mol. The van der Waals surface area contributed by atoms with Gasteiger partial charge in [-0.05, 0) is 18.8 Å². The van der Waals surface area contributed by atoms with E-state index in [0.717, 1.165) is 12.8 Å². The van der Waals surface area contributed by atoms with E-state index in [1.165, 1.54) is 0 Å². The lowest BCUT2D eigenvalue weighted by Crippen LogP contribution is -2.13. The van der Waals surface area contributed by atoms with Crippen molar-refractivity contribution in [1.29, 1.82) is 0 Å². The fourth-order valence-electron chi connectivity index (χ4n) is 0.850. The lowest BCUT2D eigenvalue weighted by atomic mass is 9.85. The second-order valence-electron chi connectivity index (χ2n) is 3.82. The summed E-state index contributed by atoms with van der Waals surface area (Å²) in [6.07, 6.45) is 2.57. The number of hydrogen-bond acceptors (Lipinski definition) is 2. The van der Waals surface area contributed by atoms with Crippen molar-refractivity contribution in [3.63, 3.8) is 0 Å².